The summed E-state index contributed by atoms with van der Waals surface area (Å²) < 4.78 is 0. The zero-order chi connectivity index (χ0) is 9.26. The van der Waals surface area contributed by atoms with Crippen molar-refractivity contribution >= 4 is 6.29 Å². The van der Waals surface area contributed by atoms with Gasteiger partial charge in [-0.15, -0.1) is 0 Å². The van der Waals surface area contributed by atoms with Crippen molar-refractivity contribution < 1.29 is 9.90 Å². The van der Waals surface area contributed by atoms with Gasteiger partial charge in [0.1, 0.15) is 11.4 Å². The number of hydrogen-bond acceptors (Lipinski definition) is 2. The average molecular weight is 176 g/mol. The Labute approximate surface area is 74.2 Å². The highest BCUT2D eigenvalue weighted by molar-refractivity contribution is 5.79. The molecule has 0 fully saturated rings. The summed E-state index contributed by atoms with van der Waals surface area (Å²) in [6.07, 6.45) is 2.36. The number of aromatic nitrogens is 2. The molecule has 0 saturated carbocycles. The molecule has 0 aromatic carbocycles. The van der Waals surface area contributed by atoms with E-state index in [0.717, 1.165) is 5.69 Å². The minimum Gasteiger partial charge on any atom is -0.506 e. The molecular formula is C9H8N2O2. The fourth-order valence-corrected chi connectivity index (χ4v) is 1.19. The normalized spacial score (nSPS) is 10.2. The molecule has 0 aliphatic heterocycles. The second kappa shape index (κ2) is 2.82. The number of carbonyl (C=O) groups excluding carboxylic acids is 1. The van der Waals surface area contributed by atoms with Crippen molar-refractivity contribution in [1.29, 1.82) is 0 Å². The molecule has 0 unspecified atom stereocenters. The second-order valence-electron chi connectivity index (χ2n) is 2.68. The predicted octanol–water partition coefficient (Wildman–Crippen LogP) is 1.53. The van der Waals surface area contributed by atoms with Gasteiger partial charge in [0.15, 0.2) is 6.29 Å². The van der Waals surface area contributed by atoms with E-state index >= 15 is 0 Å². The standard InChI is InChI=1S/C9H8N2O2/c12-5-8-9(13)4-7(11-8)6-2-1-3-10-6/h1-5,10-11,13H. The molecule has 2 heterocycles. The molecule has 66 valence electrons. The van der Waals surface area contributed by atoms with Crippen LogP contribution >= 0.6 is 0 Å². The number of carbonyl (C=O) groups is 1. The Bertz CT molecular complexity index is 415. The summed E-state index contributed by atoms with van der Waals surface area (Å²) >= 11 is 0. The molecule has 0 aliphatic rings. The van der Waals surface area contributed by atoms with Crippen LogP contribution in [-0.2, 0) is 0 Å². The van der Waals surface area contributed by atoms with Crippen LogP contribution in [0.3, 0.4) is 0 Å². The summed E-state index contributed by atoms with van der Waals surface area (Å²) in [6, 6.07) is 5.20. The van der Waals surface area contributed by atoms with Crippen molar-refractivity contribution in [3.05, 3.63) is 30.1 Å². The minimum atomic E-state index is -0.0281. The van der Waals surface area contributed by atoms with Gasteiger partial charge in [-0.05, 0) is 12.1 Å². The van der Waals surface area contributed by atoms with Crippen LogP contribution in [0.15, 0.2) is 24.4 Å². The second-order valence-corrected chi connectivity index (χ2v) is 2.68. The molecule has 4 nitrogen and oxygen atoms in total. The maximum atomic E-state index is 10.4. The van der Waals surface area contributed by atoms with Crippen molar-refractivity contribution in [3.63, 3.8) is 0 Å². The van der Waals surface area contributed by atoms with Gasteiger partial charge in [0.05, 0.1) is 11.4 Å². The molecule has 2 rings (SSSR count). The summed E-state index contributed by atoms with van der Waals surface area (Å²) in [7, 11) is 0. The van der Waals surface area contributed by atoms with E-state index in [2.05, 4.69) is 9.97 Å². The number of H-pyrrole nitrogens is 2. The Hall–Kier alpha value is -1.97. The van der Waals surface area contributed by atoms with E-state index in [1.54, 1.807) is 6.20 Å². The van der Waals surface area contributed by atoms with Crippen LogP contribution in [0.4, 0.5) is 0 Å². The Morgan fingerprint density at radius 1 is 1.38 bits per heavy atom. The van der Waals surface area contributed by atoms with Gasteiger partial charge >= 0.3 is 0 Å². The summed E-state index contributed by atoms with van der Waals surface area (Å²) in [5.74, 6) is -0.0281. The lowest BCUT2D eigenvalue weighted by Crippen LogP contribution is -1.80. The van der Waals surface area contributed by atoms with Gasteiger partial charge in [0.25, 0.3) is 0 Å². The van der Waals surface area contributed by atoms with Crippen LogP contribution in [0.2, 0.25) is 0 Å². The van der Waals surface area contributed by atoms with Crippen molar-refractivity contribution in [3.8, 4) is 17.1 Å². The maximum absolute atomic E-state index is 10.4. The predicted molar refractivity (Wildman–Crippen MR) is 47.6 cm³/mol. The van der Waals surface area contributed by atoms with Crippen molar-refractivity contribution in [2.75, 3.05) is 0 Å². The monoisotopic (exact) mass is 176 g/mol. The number of aldehydes is 1. The number of rotatable bonds is 2. The molecule has 0 aliphatic carbocycles. The zero-order valence-electron chi connectivity index (χ0n) is 6.74. The molecule has 3 N–H and O–H groups in total. The SMILES string of the molecule is O=Cc1[nH]c(-c2ccc[nH]2)cc1O. The molecule has 13 heavy (non-hydrogen) atoms. The Balaban J connectivity index is 2.48. The van der Waals surface area contributed by atoms with Crippen LogP contribution in [0, 0.1) is 0 Å². The van der Waals surface area contributed by atoms with Gasteiger partial charge in [-0.2, -0.15) is 0 Å². The van der Waals surface area contributed by atoms with E-state index in [9.17, 15) is 9.90 Å². The lowest BCUT2D eigenvalue weighted by Gasteiger charge is -1.89. The number of nitrogens with one attached hydrogen (secondary N) is 2. The molecule has 2 aromatic rings. The first-order valence-corrected chi connectivity index (χ1v) is 3.82. The van der Waals surface area contributed by atoms with Crippen LogP contribution in [0.1, 0.15) is 10.5 Å². The lowest BCUT2D eigenvalue weighted by molar-refractivity contribution is 0.111. The molecule has 0 saturated heterocycles. The van der Waals surface area contributed by atoms with Crippen LogP contribution in [-0.4, -0.2) is 21.4 Å². The Morgan fingerprint density at radius 3 is 2.77 bits per heavy atom. The first-order chi connectivity index (χ1) is 6.31. The first kappa shape index (κ1) is 7.67. The van der Waals surface area contributed by atoms with Gasteiger partial charge in [0.2, 0.25) is 0 Å². The highest BCUT2D eigenvalue weighted by Gasteiger charge is 2.07. The Kier molecular flexibility index (Phi) is 1.66. The third kappa shape index (κ3) is 1.22. The largest absolute Gasteiger partial charge is 0.506 e. The summed E-state index contributed by atoms with van der Waals surface area (Å²) in [5, 5.41) is 9.25. The molecular weight excluding hydrogens is 168 g/mol. The van der Waals surface area contributed by atoms with Crippen LogP contribution in [0.25, 0.3) is 11.4 Å². The third-order valence-corrected chi connectivity index (χ3v) is 1.83. The van der Waals surface area contributed by atoms with E-state index in [-0.39, 0.29) is 11.4 Å². The number of aromatic hydroxyl groups is 1. The molecule has 0 amide bonds. The number of aromatic amines is 2. The quantitative estimate of drug-likeness (QED) is 0.607. The summed E-state index contributed by atoms with van der Waals surface area (Å²) in [4.78, 5) is 16.2. The highest BCUT2D eigenvalue weighted by Crippen LogP contribution is 2.23. The van der Waals surface area contributed by atoms with Crippen LogP contribution < -0.4 is 0 Å². The molecule has 0 atom stereocenters. The topological polar surface area (TPSA) is 68.9 Å². The van der Waals surface area contributed by atoms with Gasteiger partial charge in [-0.25, -0.2) is 0 Å². The Morgan fingerprint density at radius 2 is 2.23 bits per heavy atom. The fraction of sp³-hybridized carbons (Fsp3) is 0. The smallest absolute Gasteiger partial charge is 0.170 e. The van der Waals surface area contributed by atoms with E-state index in [1.165, 1.54) is 6.07 Å². The fourth-order valence-electron chi connectivity index (χ4n) is 1.19. The van der Waals surface area contributed by atoms with Crippen molar-refractivity contribution in [2.45, 2.75) is 0 Å². The van der Waals surface area contributed by atoms with E-state index in [1.807, 2.05) is 12.1 Å². The van der Waals surface area contributed by atoms with Gasteiger partial charge in [-0.1, -0.05) is 0 Å². The maximum Gasteiger partial charge on any atom is 0.170 e. The molecule has 4 heteroatoms. The number of hydrogen-bond donors (Lipinski definition) is 3. The van der Waals surface area contributed by atoms with Crippen molar-refractivity contribution in [2.24, 2.45) is 0 Å². The van der Waals surface area contributed by atoms with E-state index < -0.39 is 0 Å². The van der Waals surface area contributed by atoms with Crippen LogP contribution in [0.5, 0.6) is 5.75 Å². The summed E-state index contributed by atoms with van der Waals surface area (Å²) in [6.45, 7) is 0. The minimum absolute atomic E-state index is 0.0281. The highest BCUT2D eigenvalue weighted by atomic mass is 16.3. The first-order valence-electron chi connectivity index (χ1n) is 3.82. The molecule has 0 bridgehead atoms. The van der Waals surface area contributed by atoms with Crippen molar-refractivity contribution in [1.82, 2.24) is 9.97 Å². The lowest BCUT2D eigenvalue weighted by atomic mass is 10.3. The van der Waals surface area contributed by atoms with E-state index in [4.69, 9.17) is 0 Å². The molecule has 0 spiro atoms. The average Bonchev–Trinajstić information content (AvgIpc) is 2.71. The van der Waals surface area contributed by atoms with Gasteiger partial charge in [-0.3, -0.25) is 4.79 Å². The summed E-state index contributed by atoms with van der Waals surface area (Å²) in [5.41, 5.74) is 1.73. The van der Waals surface area contributed by atoms with Gasteiger partial charge in [0, 0.05) is 12.3 Å². The van der Waals surface area contributed by atoms with E-state index in [0.29, 0.717) is 12.0 Å². The third-order valence-electron chi connectivity index (χ3n) is 1.83. The molecule has 2 aromatic heterocycles. The zero-order valence-corrected chi connectivity index (χ0v) is 6.74. The van der Waals surface area contributed by atoms with Gasteiger partial charge < -0.3 is 15.1 Å². The molecule has 0 radical (unpaired) electrons.